The van der Waals surface area contributed by atoms with Crippen LogP contribution in [0.4, 0.5) is 0 Å². The van der Waals surface area contributed by atoms with Crippen molar-refractivity contribution in [1.29, 1.82) is 0 Å². The Labute approximate surface area is 112 Å². The molecule has 19 heavy (non-hydrogen) atoms. The lowest BCUT2D eigenvalue weighted by Crippen LogP contribution is -2.47. The fourth-order valence-electron chi connectivity index (χ4n) is 1.87. The average Bonchev–Trinajstić information content (AvgIpc) is 2.47. The minimum Gasteiger partial charge on any atom is -0.378 e. The van der Waals surface area contributed by atoms with Gasteiger partial charge >= 0.3 is 0 Å². The SMILES string of the molecule is CC(C(=O)N1CCOCC1)S(=O)(=O)c1ccccn1. The Morgan fingerprint density at radius 1 is 1.37 bits per heavy atom. The zero-order chi connectivity index (χ0) is 13.9. The third-order valence-electron chi connectivity index (χ3n) is 3.07. The summed E-state index contributed by atoms with van der Waals surface area (Å²) in [5.74, 6) is -0.394. The lowest BCUT2D eigenvalue weighted by Gasteiger charge is -2.28. The van der Waals surface area contributed by atoms with E-state index >= 15 is 0 Å². The van der Waals surface area contributed by atoms with Gasteiger partial charge < -0.3 is 9.64 Å². The van der Waals surface area contributed by atoms with E-state index in [1.807, 2.05) is 0 Å². The molecule has 2 heterocycles. The summed E-state index contributed by atoms with van der Waals surface area (Å²) in [6.07, 6.45) is 1.40. The first kappa shape index (κ1) is 14.0. The third-order valence-corrected chi connectivity index (χ3v) is 5.02. The van der Waals surface area contributed by atoms with Crippen molar-refractivity contribution in [1.82, 2.24) is 9.88 Å². The largest absolute Gasteiger partial charge is 0.378 e. The lowest BCUT2D eigenvalue weighted by atomic mass is 10.3. The van der Waals surface area contributed by atoms with Crippen LogP contribution in [0.5, 0.6) is 0 Å². The summed E-state index contributed by atoms with van der Waals surface area (Å²) in [5, 5.41) is -1.19. The molecule has 1 unspecified atom stereocenters. The number of rotatable bonds is 3. The molecule has 0 N–H and O–H groups in total. The molecule has 7 heteroatoms. The highest BCUT2D eigenvalue weighted by Gasteiger charge is 2.34. The van der Waals surface area contributed by atoms with Crippen LogP contribution < -0.4 is 0 Å². The van der Waals surface area contributed by atoms with Crippen LogP contribution in [0.25, 0.3) is 0 Å². The highest BCUT2D eigenvalue weighted by atomic mass is 32.2. The van der Waals surface area contributed by atoms with E-state index < -0.39 is 21.0 Å². The van der Waals surface area contributed by atoms with Gasteiger partial charge in [0.2, 0.25) is 15.7 Å². The second-order valence-corrected chi connectivity index (χ2v) is 6.51. The fourth-order valence-corrected chi connectivity index (χ4v) is 3.12. The average molecular weight is 284 g/mol. The van der Waals surface area contributed by atoms with Crippen LogP contribution in [0.3, 0.4) is 0 Å². The third kappa shape index (κ3) is 2.93. The second-order valence-electron chi connectivity index (χ2n) is 4.29. The molecule has 104 valence electrons. The highest BCUT2D eigenvalue weighted by molar-refractivity contribution is 7.92. The van der Waals surface area contributed by atoms with E-state index in [0.29, 0.717) is 26.3 Å². The smallest absolute Gasteiger partial charge is 0.241 e. The van der Waals surface area contributed by atoms with Gasteiger partial charge in [-0.15, -0.1) is 0 Å². The zero-order valence-electron chi connectivity index (χ0n) is 10.7. The van der Waals surface area contributed by atoms with Crippen LogP contribution in [0, 0.1) is 0 Å². The van der Waals surface area contributed by atoms with Crippen molar-refractivity contribution >= 4 is 15.7 Å². The van der Waals surface area contributed by atoms with Gasteiger partial charge in [0.15, 0.2) is 5.03 Å². The Hall–Kier alpha value is -1.47. The fraction of sp³-hybridized carbons (Fsp3) is 0.500. The molecule has 0 aromatic carbocycles. The highest BCUT2D eigenvalue weighted by Crippen LogP contribution is 2.15. The number of hydrogen-bond acceptors (Lipinski definition) is 5. The van der Waals surface area contributed by atoms with Gasteiger partial charge in [0.25, 0.3) is 0 Å². The predicted molar refractivity (Wildman–Crippen MR) is 68.3 cm³/mol. The number of pyridine rings is 1. The van der Waals surface area contributed by atoms with Crippen LogP contribution >= 0.6 is 0 Å². The number of ether oxygens (including phenoxy) is 1. The lowest BCUT2D eigenvalue weighted by molar-refractivity contribution is -0.134. The van der Waals surface area contributed by atoms with Gasteiger partial charge in [0.05, 0.1) is 13.2 Å². The Balaban J connectivity index is 2.18. The predicted octanol–water partition coefficient (Wildman–Crippen LogP) is 0.103. The van der Waals surface area contributed by atoms with Crippen LogP contribution in [-0.4, -0.2) is 55.8 Å². The van der Waals surface area contributed by atoms with Crippen LogP contribution in [0.2, 0.25) is 0 Å². The van der Waals surface area contributed by atoms with Gasteiger partial charge in [0, 0.05) is 19.3 Å². The molecule has 1 aliphatic rings. The van der Waals surface area contributed by atoms with E-state index in [9.17, 15) is 13.2 Å². The number of amides is 1. The van der Waals surface area contributed by atoms with Crippen molar-refractivity contribution in [3.8, 4) is 0 Å². The molecule has 1 saturated heterocycles. The second kappa shape index (κ2) is 5.66. The summed E-state index contributed by atoms with van der Waals surface area (Å²) >= 11 is 0. The van der Waals surface area contributed by atoms with Gasteiger partial charge in [-0.3, -0.25) is 4.79 Å². The summed E-state index contributed by atoms with van der Waals surface area (Å²) in [7, 11) is -3.73. The number of aromatic nitrogens is 1. The molecule has 0 saturated carbocycles. The van der Waals surface area contributed by atoms with Crippen LogP contribution in [-0.2, 0) is 19.4 Å². The van der Waals surface area contributed by atoms with Crippen LogP contribution in [0.1, 0.15) is 6.92 Å². The van der Waals surface area contributed by atoms with Crippen LogP contribution in [0.15, 0.2) is 29.4 Å². The van der Waals surface area contributed by atoms with Crippen molar-refractivity contribution < 1.29 is 17.9 Å². The first-order valence-corrected chi connectivity index (χ1v) is 7.59. The molecular formula is C12H16N2O4S. The molecule has 1 aromatic heterocycles. The summed E-state index contributed by atoms with van der Waals surface area (Å²) in [6.45, 7) is 3.16. The number of nitrogens with zero attached hydrogens (tertiary/aromatic N) is 2. The number of hydrogen-bond donors (Lipinski definition) is 0. The summed E-state index contributed by atoms with van der Waals surface area (Å²) in [6, 6.07) is 4.62. The molecule has 2 rings (SSSR count). The van der Waals surface area contributed by atoms with Crippen molar-refractivity contribution in [3.05, 3.63) is 24.4 Å². The topological polar surface area (TPSA) is 76.6 Å². The Morgan fingerprint density at radius 2 is 2.05 bits per heavy atom. The minimum absolute atomic E-state index is 0.0656. The van der Waals surface area contributed by atoms with E-state index in [0.717, 1.165) is 0 Å². The van der Waals surface area contributed by atoms with E-state index in [1.165, 1.54) is 24.1 Å². The molecule has 1 amide bonds. The zero-order valence-corrected chi connectivity index (χ0v) is 11.5. The van der Waals surface area contributed by atoms with Crippen molar-refractivity contribution in [2.45, 2.75) is 17.2 Å². The monoisotopic (exact) mass is 284 g/mol. The van der Waals surface area contributed by atoms with Gasteiger partial charge in [-0.1, -0.05) is 6.07 Å². The van der Waals surface area contributed by atoms with Gasteiger partial charge in [-0.05, 0) is 19.1 Å². The van der Waals surface area contributed by atoms with E-state index in [1.54, 1.807) is 12.1 Å². The Bertz CT molecular complexity index is 538. The summed E-state index contributed by atoms with van der Waals surface area (Å²) < 4.78 is 29.7. The molecule has 1 atom stereocenters. The van der Waals surface area contributed by atoms with Crippen molar-refractivity contribution in [2.24, 2.45) is 0 Å². The van der Waals surface area contributed by atoms with Gasteiger partial charge in [0.1, 0.15) is 5.25 Å². The molecule has 0 spiro atoms. The maximum atomic E-state index is 12.3. The molecule has 0 aliphatic carbocycles. The molecule has 1 aromatic rings. The molecule has 0 bridgehead atoms. The summed E-state index contributed by atoms with van der Waals surface area (Å²) in [5.41, 5.74) is 0. The normalized spacial score (nSPS) is 18.1. The molecular weight excluding hydrogens is 268 g/mol. The summed E-state index contributed by atoms with van der Waals surface area (Å²) in [4.78, 5) is 17.5. The molecule has 6 nitrogen and oxygen atoms in total. The van der Waals surface area contributed by atoms with E-state index in [-0.39, 0.29) is 5.03 Å². The number of morpholine rings is 1. The molecule has 0 radical (unpaired) electrons. The standard InChI is InChI=1S/C12H16N2O4S/c1-10(12(15)14-6-8-18-9-7-14)19(16,17)11-4-2-3-5-13-11/h2-5,10H,6-9H2,1H3. The van der Waals surface area contributed by atoms with E-state index in [2.05, 4.69) is 4.98 Å². The number of carbonyl (C=O) groups excluding carboxylic acids is 1. The molecule has 1 aliphatic heterocycles. The van der Waals surface area contributed by atoms with Gasteiger partial charge in [-0.2, -0.15) is 0 Å². The quantitative estimate of drug-likeness (QED) is 0.787. The number of sulfone groups is 1. The number of carbonyl (C=O) groups is 1. The van der Waals surface area contributed by atoms with Gasteiger partial charge in [-0.25, -0.2) is 13.4 Å². The Morgan fingerprint density at radius 3 is 2.63 bits per heavy atom. The maximum Gasteiger partial charge on any atom is 0.241 e. The van der Waals surface area contributed by atoms with Crippen molar-refractivity contribution in [2.75, 3.05) is 26.3 Å². The van der Waals surface area contributed by atoms with E-state index in [4.69, 9.17) is 4.74 Å². The maximum absolute atomic E-state index is 12.3. The van der Waals surface area contributed by atoms with Crippen molar-refractivity contribution in [3.63, 3.8) is 0 Å². The molecule has 1 fully saturated rings. The first-order valence-electron chi connectivity index (χ1n) is 6.05. The Kier molecular flexibility index (Phi) is 4.16. The first-order chi connectivity index (χ1) is 9.03. The minimum atomic E-state index is -3.73.